The number of likely N-dealkylation sites (N-methyl/N-ethyl adjacent to an activating group) is 1. The number of carbonyl (C=O) groups excluding carboxylic acids is 1. The molecule has 0 aliphatic carbocycles. The molecule has 1 fully saturated rings. The van der Waals surface area contributed by atoms with Crippen LogP contribution in [0.1, 0.15) is 16.7 Å². The van der Waals surface area contributed by atoms with Crippen molar-refractivity contribution in [2.45, 2.75) is 20.8 Å². The Morgan fingerprint density at radius 2 is 1.65 bits per heavy atom. The largest absolute Gasteiger partial charge is 0.483 e. The molecule has 4 nitrogen and oxygen atoms in total. The molecule has 1 aliphatic heterocycles. The molecule has 0 bridgehead atoms. The van der Waals surface area contributed by atoms with Gasteiger partial charge in [0.1, 0.15) is 5.75 Å². The second-order valence-electron chi connectivity index (χ2n) is 5.67. The number of carbonyl (C=O) groups is 1. The number of benzene rings is 1. The normalized spacial score (nSPS) is 16.3. The fraction of sp³-hybridized carbons (Fsp3) is 0.562. The maximum atomic E-state index is 12.1. The van der Waals surface area contributed by atoms with Crippen molar-refractivity contribution in [3.63, 3.8) is 0 Å². The number of ether oxygens (including phenoxy) is 1. The van der Waals surface area contributed by atoms with Crippen molar-refractivity contribution >= 4 is 5.91 Å². The summed E-state index contributed by atoms with van der Waals surface area (Å²) >= 11 is 0. The van der Waals surface area contributed by atoms with E-state index in [2.05, 4.69) is 31.9 Å². The molecule has 1 saturated heterocycles. The van der Waals surface area contributed by atoms with Gasteiger partial charge in [0.2, 0.25) is 0 Å². The smallest absolute Gasteiger partial charge is 0.260 e. The Hall–Kier alpha value is -1.55. The standard InChI is InChI=1S/C16H24N2O2/c1-12-9-14(3)15(10-13(12)2)20-11-16(19)18-7-5-17(4)6-8-18/h9-10H,5-8,11H2,1-4H3. The Morgan fingerprint density at radius 1 is 1.05 bits per heavy atom. The Labute approximate surface area is 121 Å². The first kappa shape index (κ1) is 14.9. The lowest BCUT2D eigenvalue weighted by Crippen LogP contribution is -2.48. The van der Waals surface area contributed by atoms with Crippen molar-refractivity contribution in [3.8, 4) is 5.75 Å². The summed E-state index contributed by atoms with van der Waals surface area (Å²) in [5, 5.41) is 0. The van der Waals surface area contributed by atoms with Crippen LogP contribution in [0.4, 0.5) is 0 Å². The lowest BCUT2D eigenvalue weighted by atomic mass is 10.1. The number of piperazine rings is 1. The van der Waals surface area contributed by atoms with Crippen LogP contribution in [0, 0.1) is 20.8 Å². The van der Waals surface area contributed by atoms with Crippen LogP contribution in [-0.4, -0.2) is 55.5 Å². The van der Waals surface area contributed by atoms with Crippen molar-refractivity contribution in [1.82, 2.24) is 9.80 Å². The summed E-state index contributed by atoms with van der Waals surface area (Å²) in [6, 6.07) is 4.12. The van der Waals surface area contributed by atoms with Crippen LogP contribution in [0.15, 0.2) is 12.1 Å². The van der Waals surface area contributed by atoms with Gasteiger partial charge in [0.25, 0.3) is 5.91 Å². The zero-order chi connectivity index (χ0) is 14.7. The van der Waals surface area contributed by atoms with E-state index in [-0.39, 0.29) is 12.5 Å². The van der Waals surface area contributed by atoms with Crippen LogP contribution in [0.5, 0.6) is 5.75 Å². The Balaban J connectivity index is 1.92. The van der Waals surface area contributed by atoms with Gasteiger partial charge in [-0.05, 0) is 50.6 Å². The Morgan fingerprint density at radius 3 is 2.30 bits per heavy atom. The maximum absolute atomic E-state index is 12.1. The van der Waals surface area contributed by atoms with E-state index in [0.29, 0.717) is 0 Å². The molecule has 1 aromatic rings. The molecule has 1 aromatic carbocycles. The van der Waals surface area contributed by atoms with E-state index >= 15 is 0 Å². The van der Waals surface area contributed by atoms with Crippen LogP contribution < -0.4 is 4.74 Å². The first-order valence-electron chi connectivity index (χ1n) is 7.14. The molecular weight excluding hydrogens is 252 g/mol. The highest BCUT2D eigenvalue weighted by Gasteiger charge is 2.19. The molecule has 0 unspecified atom stereocenters. The molecule has 110 valence electrons. The number of nitrogens with zero attached hydrogens (tertiary/aromatic N) is 2. The summed E-state index contributed by atoms with van der Waals surface area (Å²) < 4.78 is 5.71. The molecule has 1 aliphatic rings. The van der Waals surface area contributed by atoms with Crippen molar-refractivity contribution in [1.29, 1.82) is 0 Å². The summed E-state index contributed by atoms with van der Waals surface area (Å²) in [6.07, 6.45) is 0. The quantitative estimate of drug-likeness (QED) is 0.843. The fourth-order valence-electron chi connectivity index (χ4n) is 2.38. The molecule has 0 aromatic heterocycles. The molecule has 0 radical (unpaired) electrons. The monoisotopic (exact) mass is 276 g/mol. The van der Waals surface area contributed by atoms with E-state index in [4.69, 9.17) is 4.74 Å². The van der Waals surface area contributed by atoms with Gasteiger partial charge in [0.05, 0.1) is 0 Å². The van der Waals surface area contributed by atoms with E-state index in [1.165, 1.54) is 11.1 Å². The van der Waals surface area contributed by atoms with Gasteiger partial charge in [-0.3, -0.25) is 4.79 Å². The summed E-state index contributed by atoms with van der Waals surface area (Å²) in [6.45, 7) is 9.76. The maximum Gasteiger partial charge on any atom is 0.260 e. The van der Waals surface area contributed by atoms with Gasteiger partial charge in [-0.1, -0.05) is 6.07 Å². The highest BCUT2D eigenvalue weighted by molar-refractivity contribution is 5.78. The first-order chi connectivity index (χ1) is 9.47. The molecule has 0 atom stereocenters. The third-order valence-corrected chi connectivity index (χ3v) is 4.00. The van der Waals surface area contributed by atoms with E-state index < -0.39 is 0 Å². The van der Waals surface area contributed by atoms with Gasteiger partial charge < -0.3 is 14.5 Å². The van der Waals surface area contributed by atoms with Gasteiger partial charge in [-0.2, -0.15) is 0 Å². The average molecular weight is 276 g/mol. The molecule has 0 N–H and O–H groups in total. The van der Waals surface area contributed by atoms with Crippen molar-refractivity contribution in [3.05, 3.63) is 28.8 Å². The lowest BCUT2D eigenvalue weighted by Gasteiger charge is -2.32. The van der Waals surface area contributed by atoms with Gasteiger partial charge in [0, 0.05) is 26.2 Å². The lowest BCUT2D eigenvalue weighted by molar-refractivity contribution is -0.134. The predicted molar refractivity (Wildman–Crippen MR) is 80.2 cm³/mol. The molecule has 0 saturated carbocycles. The summed E-state index contributed by atoms with van der Waals surface area (Å²) in [7, 11) is 2.08. The van der Waals surface area contributed by atoms with Gasteiger partial charge in [-0.15, -0.1) is 0 Å². The second-order valence-corrected chi connectivity index (χ2v) is 5.67. The number of aryl methyl sites for hydroxylation is 3. The summed E-state index contributed by atoms with van der Waals surface area (Å²) in [5.41, 5.74) is 3.53. The third kappa shape index (κ3) is 3.51. The minimum atomic E-state index is 0.0794. The van der Waals surface area contributed by atoms with E-state index in [1.807, 2.05) is 17.9 Å². The highest BCUT2D eigenvalue weighted by atomic mass is 16.5. The Kier molecular flexibility index (Phi) is 4.65. The highest BCUT2D eigenvalue weighted by Crippen LogP contribution is 2.22. The number of hydrogen-bond acceptors (Lipinski definition) is 3. The molecule has 0 spiro atoms. The molecule has 1 heterocycles. The van der Waals surface area contributed by atoms with Crippen LogP contribution in [0.2, 0.25) is 0 Å². The number of rotatable bonds is 3. The summed E-state index contributed by atoms with van der Waals surface area (Å²) in [5.74, 6) is 0.895. The van der Waals surface area contributed by atoms with Crippen LogP contribution in [0.3, 0.4) is 0 Å². The number of hydrogen-bond donors (Lipinski definition) is 0. The van der Waals surface area contributed by atoms with Gasteiger partial charge >= 0.3 is 0 Å². The predicted octanol–water partition coefficient (Wildman–Crippen LogP) is 1.76. The molecule has 20 heavy (non-hydrogen) atoms. The van der Waals surface area contributed by atoms with E-state index in [9.17, 15) is 4.79 Å². The van der Waals surface area contributed by atoms with Crippen LogP contribution >= 0.6 is 0 Å². The third-order valence-electron chi connectivity index (χ3n) is 4.00. The Bertz CT molecular complexity index is 491. The summed E-state index contributed by atoms with van der Waals surface area (Å²) in [4.78, 5) is 16.2. The molecular formula is C16H24N2O2. The van der Waals surface area contributed by atoms with Crippen LogP contribution in [0.25, 0.3) is 0 Å². The zero-order valence-corrected chi connectivity index (χ0v) is 12.9. The molecule has 2 rings (SSSR count). The minimum Gasteiger partial charge on any atom is -0.483 e. The second kappa shape index (κ2) is 6.27. The van der Waals surface area contributed by atoms with E-state index in [1.54, 1.807) is 0 Å². The molecule has 1 amide bonds. The van der Waals surface area contributed by atoms with Crippen molar-refractivity contribution in [2.24, 2.45) is 0 Å². The first-order valence-corrected chi connectivity index (χ1v) is 7.14. The van der Waals surface area contributed by atoms with Crippen LogP contribution in [-0.2, 0) is 4.79 Å². The van der Waals surface area contributed by atoms with Gasteiger partial charge in [0.15, 0.2) is 6.61 Å². The van der Waals surface area contributed by atoms with Crippen molar-refractivity contribution < 1.29 is 9.53 Å². The van der Waals surface area contributed by atoms with Crippen molar-refractivity contribution in [2.75, 3.05) is 39.8 Å². The number of amides is 1. The minimum absolute atomic E-state index is 0.0794. The molecule has 4 heteroatoms. The SMILES string of the molecule is Cc1cc(C)c(OCC(=O)N2CCN(C)CC2)cc1C. The van der Waals surface area contributed by atoms with Gasteiger partial charge in [-0.25, -0.2) is 0 Å². The zero-order valence-electron chi connectivity index (χ0n) is 12.9. The average Bonchev–Trinajstić information content (AvgIpc) is 2.42. The van der Waals surface area contributed by atoms with E-state index in [0.717, 1.165) is 37.5 Å². The fourth-order valence-corrected chi connectivity index (χ4v) is 2.38. The topological polar surface area (TPSA) is 32.8 Å².